The van der Waals surface area contributed by atoms with E-state index in [0.29, 0.717) is 39.4 Å². The monoisotopic (exact) mass is 371 g/mol. The Morgan fingerprint density at radius 1 is 1.17 bits per heavy atom. The first-order valence-electron chi connectivity index (χ1n) is 6.19. The number of amides is 1. The van der Waals surface area contributed by atoms with Crippen LogP contribution in [0.4, 0.5) is 0 Å². The molecule has 106 valence electrons. The van der Waals surface area contributed by atoms with Gasteiger partial charge in [0.25, 0.3) is 0 Å². The lowest BCUT2D eigenvalue weighted by Gasteiger charge is -2.10. The van der Waals surface area contributed by atoms with Crippen LogP contribution in [0.2, 0.25) is 0 Å². The third-order valence-corrected chi connectivity index (χ3v) is 2.96. The van der Waals surface area contributed by atoms with E-state index in [1.807, 2.05) is 13.8 Å². The molecule has 0 bridgehead atoms. The van der Waals surface area contributed by atoms with E-state index in [-0.39, 0.29) is 15.6 Å². The van der Waals surface area contributed by atoms with Crippen molar-refractivity contribution in [2.24, 2.45) is 5.92 Å². The van der Waals surface area contributed by atoms with Gasteiger partial charge >= 0.3 is 0 Å². The van der Waals surface area contributed by atoms with Gasteiger partial charge in [-0.3, -0.25) is 9.59 Å². The van der Waals surface area contributed by atoms with Gasteiger partial charge in [-0.2, -0.15) is 0 Å². The molecule has 1 amide bonds. The fourth-order valence-corrected chi connectivity index (χ4v) is 1.30. The normalized spacial score (nSPS) is 12.2. The Morgan fingerprint density at radius 2 is 1.78 bits per heavy atom. The zero-order valence-corrected chi connectivity index (χ0v) is 13.2. The van der Waals surface area contributed by atoms with Crippen molar-refractivity contribution in [3.8, 4) is 0 Å². The number of ether oxygens (including phenoxy) is 2. The van der Waals surface area contributed by atoms with Crippen LogP contribution in [0.3, 0.4) is 0 Å². The molecule has 0 radical (unpaired) electrons. The molecule has 18 heavy (non-hydrogen) atoms. The molecule has 0 aliphatic carbocycles. The van der Waals surface area contributed by atoms with Crippen LogP contribution in [0.5, 0.6) is 0 Å². The molecule has 0 aliphatic rings. The van der Waals surface area contributed by atoms with Crippen LogP contribution in [0, 0.1) is 5.92 Å². The molecule has 5 nitrogen and oxygen atoms in total. The maximum absolute atomic E-state index is 11.4. The third-order valence-electron chi connectivity index (χ3n) is 2.42. The highest BCUT2D eigenvalue weighted by Crippen LogP contribution is 1.98. The highest BCUT2D eigenvalue weighted by Gasteiger charge is 2.08. The Bertz CT molecular complexity index is 248. The zero-order valence-electron chi connectivity index (χ0n) is 11.0. The Kier molecular flexibility index (Phi) is 11.7. The summed E-state index contributed by atoms with van der Waals surface area (Å²) in [5.41, 5.74) is 0. The average molecular weight is 371 g/mol. The second-order valence-corrected chi connectivity index (χ2v) is 5.13. The lowest BCUT2D eigenvalue weighted by atomic mass is 10.1. The molecule has 1 N–H and O–H groups in total. The van der Waals surface area contributed by atoms with Gasteiger partial charge in [0.2, 0.25) is 5.91 Å². The molecule has 6 heteroatoms. The molecule has 0 aliphatic heterocycles. The minimum Gasteiger partial charge on any atom is -0.379 e. The zero-order chi connectivity index (χ0) is 13.8. The van der Waals surface area contributed by atoms with E-state index in [0.717, 1.165) is 6.42 Å². The van der Waals surface area contributed by atoms with Crippen molar-refractivity contribution in [1.29, 1.82) is 0 Å². The summed E-state index contributed by atoms with van der Waals surface area (Å²) >= 11 is 1.75. The van der Waals surface area contributed by atoms with E-state index in [4.69, 9.17) is 9.47 Å². The van der Waals surface area contributed by atoms with Gasteiger partial charge in [0, 0.05) is 18.9 Å². The molecule has 0 aromatic heterocycles. The molecule has 0 fully saturated rings. The molecule has 0 aromatic carbocycles. The summed E-state index contributed by atoms with van der Waals surface area (Å²) in [6.07, 6.45) is 1.28. The third kappa shape index (κ3) is 10.9. The molecule has 1 unspecified atom stereocenters. The highest BCUT2D eigenvalue weighted by molar-refractivity contribution is 14.1. The van der Waals surface area contributed by atoms with E-state index >= 15 is 0 Å². The minimum absolute atomic E-state index is 0.0548. The molecule has 1 atom stereocenters. The maximum Gasteiger partial charge on any atom is 0.222 e. The second-order valence-electron chi connectivity index (χ2n) is 3.93. The summed E-state index contributed by atoms with van der Waals surface area (Å²) in [6.45, 7) is 6.29. The van der Waals surface area contributed by atoms with E-state index in [1.54, 1.807) is 22.6 Å². The molecule has 0 aromatic rings. The Morgan fingerprint density at radius 3 is 2.33 bits per heavy atom. The smallest absolute Gasteiger partial charge is 0.222 e. The number of hydrogen-bond donors (Lipinski definition) is 1. The quantitative estimate of drug-likeness (QED) is 0.340. The van der Waals surface area contributed by atoms with Crippen LogP contribution >= 0.6 is 22.6 Å². The van der Waals surface area contributed by atoms with Gasteiger partial charge < -0.3 is 14.8 Å². The number of carbonyl (C=O) groups excluding carboxylic acids is 2. The van der Waals surface area contributed by atoms with Crippen LogP contribution in [0.1, 0.15) is 26.7 Å². The van der Waals surface area contributed by atoms with E-state index in [1.165, 1.54) is 0 Å². The van der Waals surface area contributed by atoms with Crippen LogP contribution in [-0.4, -0.2) is 42.7 Å². The fraction of sp³-hybridized carbons (Fsp3) is 0.833. The van der Waals surface area contributed by atoms with Crippen molar-refractivity contribution in [1.82, 2.24) is 5.32 Å². The minimum atomic E-state index is 0.0548. The van der Waals surface area contributed by atoms with Gasteiger partial charge in [0.05, 0.1) is 26.4 Å². The van der Waals surface area contributed by atoms with Gasteiger partial charge in [-0.1, -0.05) is 13.8 Å². The molecule has 0 heterocycles. The van der Waals surface area contributed by atoms with Crippen LogP contribution in [0.15, 0.2) is 0 Å². The molecule has 0 saturated carbocycles. The second kappa shape index (κ2) is 11.9. The molecule has 0 saturated heterocycles. The first-order chi connectivity index (χ1) is 8.57. The van der Waals surface area contributed by atoms with Crippen molar-refractivity contribution >= 4 is 32.3 Å². The van der Waals surface area contributed by atoms with Gasteiger partial charge in [0.15, 0.2) is 3.79 Å². The molecular weight excluding hydrogens is 349 g/mol. The van der Waals surface area contributed by atoms with Crippen LogP contribution < -0.4 is 5.32 Å². The van der Waals surface area contributed by atoms with Gasteiger partial charge in [-0.15, -0.1) is 0 Å². The van der Waals surface area contributed by atoms with Crippen molar-refractivity contribution in [2.75, 3.05) is 33.0 Å². The van der Waals surface area contributed by atoms with Crippen molar-refractivity contribution in [3.05, 3.63) is 0 Å². The Hall–Kier alpha value is -0.210. The van der Waals surface area contributed by atoms with E-state index < -0.39 is 0 Å². The number of carbonyl (C=O) groups is 2. The predicted molar refractivity (Wildman–Crippen MR) is 77.7 cm³/mol. The summed E-state index contributed by atoms with van der Waals surface area (Å²) in [6, 6.07) is 0. The van der Waals surface area contributed by atoms with Gasteiger partial charge in [0.1, 0.15) is 0 Å². The fourth-order valence-electron chi connectivity index (χ4n) is 1.08. The van der Waals surface area contributed by atoms with E-state index in [2.05, 4.69) is 5.32 Å². The summed E-state index contributed by atoms with van der Waals surface area (Å²) in [4.78, 5) is 22.0. The lowest BCUT2D eigenvalue weighted by molar-refractivity contribution is -0.124. The number of nitrogens with one attached hydrogen (secondary N) is 1. The topological polar surface area (TPSA) is 64.6 Å². The lowest BCUT2D eigenvalue weighted by Crippen LogP contribution is -2.31. The van der Waals surface area contributed by atoms with Crippen molar-refractivity contribution < 1.29 is 19.1 Å². The summed E-state index contributed by atoms with van der Waals surface area (Å²) < 4.78 is 10.6. The average Bonchev–Trinajstić information content (AvgIpc) is 2.35. The SMILES string of the molecule is CCC(C)C(=O)NCCOCCOCCC(=O)I. The molecule has 0 rings (SSSR count). The Labute approximate surface area is 122 Å². The summed E-state index contributed by atoms with van der Waals surface area (Å²) in [5.74, 6) is 0.122. The summed E-state index contributed by atoms with van der Waals surface area (Å²) in [5, 5.41) is 2.80. The van der Waals surface area contributed by atoms with E-state index in [9.17, 15) is 9.59 Å². The summed E-state index contributed by atoms with van der Waals surface area (Å²) in [7, 11) is 0. The Balaban J connectivity index is 3.21. The standard InChI is InChI=1S/C12H22INO4/c1-3-10(2)12(16)14-5-7-18-9-8-17-6-4-11(13)15/h10H,3-9H2,1-2H3,(H,14,16). The van der Waals surface area contributed by atoms with Crippen molar-refractivity contribution in [3.63, 3.8) is 0 Å². The first-order valence-corrected chi connectivity index (χ1v) is 7.27. The largest absolute Gasteiger partial charge is 0.379 e. The maximum atomic E-state index is 11.4. The number of halogens is 1. The van der Waals surface area contributed by atoms with Crippen LogP contribution in [0.25, 0.3) is 0 Å². The highest BCUT2D eigenvalue weighted by atomic mass is 127. The number of rotatable bonds is 11. The molecule has 0 spiro atoms. The number of hydrogen-bond acceptors (Lipinski definition) is 4. The predicted octanol–water partition coefficient (Wildman–Crippen LogP) is 1.53. The van der Waals surface area contributed by atoms with Crippen LogP contribution in [-0.2, 0) is 19.1 Å². The van der Waals surface area contributed by atoms with Gasteiger partial charge in [-0.25, -0.2) is 0 Å². The van der Waals surface area contributed by atoms with Gasteiger partial charge in [-0.05, 0) is 29.0 Å². The van der Waals surface area contributed by atoms with Crippen molar-refractivity contribution in [2.45, 2.75) is 26.7 Å². The first kappa shape index (κ1) is 17.8. The molecular formula is C12H22INO4.